The molecular formula is C20H16ClF4N3O4S3. The van der Waals surface area contributed by atoms with Crippen LogP contribution in [0.1, 0.15) is 17.8 Å². The molecule has 0 unspecified atom stereocenters. The molecule has 0 radical (unpaired) electrons. The first-order chi connectivity index (χ1) is 16.4. The van der Waals surface area contributed by atoms with E-state index in [0.717, 1.165) is 39.1 Å². The molecule has 2 aromatic heterocycles. The van der Waals surface area contributed by atoms with Crippen molar-refractivity contribution in [3.63, 3.8) is 0 Å². The molecule has 1 N–H and O–H groups in total. The van der Waals surface area contributed by atoms with Crippen molar-refractivity contribution in [1.82, 2.24) is 14.6 Å². The third-order valence-electron chi connectivity index (χ3n) is 5.04. The first-order valence-corrected chi connectivity index (χ1v) is 13.5. The summed E-state index contributed by atoms with van der Waals surface area (Å²) in [7, 11) is -3.87. The molecular weight excluding hydrogens is 554 g/mol. The van der Waals surface area contributed by atoms with E-state index < -0.39 is 39.9 Å². The number of benzene rings is 1. The second-order valence-corrected chi connectivity index (χ2v) is 12.1. The van der Waals surface area contributed by atoms with Gasteiger partial charge < -0.3 is 10.1 Å². The Kier molecular flexibility index (Phi) is 7.38. The lowest BCUT2D eigenvalue weighted by atomic mass is 10.1. The normalized spacial score (nSPS) is 17.0. The van der Waals surface area contributed by atoms with Crippen LogP contribution in [0.15, 0.2) is 39.9 Å². The monoisotopic (exact) mass is 569 g/mol. The molecule has 35 heavy (non-hydrogen) atoms. The summed E-state index contributed by atoms with van der Waals surface area (Å²) < 4.78 is 81.9. The van der Waals surface area contributed by atoms with E-state index in [4.69, 9.17) is 11.6 Å². The number of thiophene rings is 1. The molecule has 0 saturated carbocycles. The molecule has 0 bridgehead atoms. The predicted molar refractivity (Wildman–Crippen MR) is 122 cm³/mol. The number of thiazole rings is 1. The van der Waals surface area contributed by atoms with Crippen molar-refractivity contribution < 1.29 is 35.5 Å². The van der Waals surface area contributed by atoms with Gasteiger partial charge in [-0.15, -0.1) is 35.8 Å². The van der Waals surface area contributed by atoms with Gasteiger partial charge in [0.05, 0.1) is 16.6 Å². The SMILES string of the molecule is O=C(NCc1nc(-c2ccc(OC(F)(F)F)c(F)c2)cs1)[C@@H]1CCCN1S(=O)(=O)c1ccc(Cl)s1. The molecule has 0 aliphatic carbocycles. The van der Waals surface area contributed by atoms with E-state index in [-0.39, 0.29) is 22.9 Å². The van der Waals surface area contributed by atoms with Crippen LogP contribution in [0.3, 0.4) is 0 Å². The highest BCUT2D eigenvalue weighted by molar-refractivity contribution is 7.91. The fourth-order valence-corrected chi connectivity index (χ4v) is 7.53. The minimum absolute atomic E-state index is 0.00350. The first-order valence-electron chi connectivity index (χ1n) is 9.99. The summed E-state index contributed by atoms with van der Waals surface area (Å²) in [6.07, 6.45) is -4.13. The number of carbonyl (C=O) groups excluding carboxylic acids is 1. The van der Waals surface area contributed by atoms with E-state index in [9.17, 15) is 30.8 Å². The van der Waals surface area contributed by atoms with Gasteiger partial charge in [-0.3, -0.25) is 4.79 Å². The number of alkyl halides is 3. The van der Waals surface area contributed by atoms with E-state index in [1.165, 1.54) is 18.2 Å². The zero-order chi connectivity index (χ0) is 25.4. The maximum absolute atomic E-state index is 14.0. The highest BCUT2D eigenvalue weighted by Gasteiger charge is 2.40. The van der Waals surface area contributed by atoms with Crippen molar-refractivity contribution in [1.29, 1.82) is 0 Å². The summed E-state index contributed by atoms with van der Waals surface area (Å²) in [5.41, 5.74) is 0.532. The zero-order valence-electron chi connectivity index (χ0n) is 17.5. The number of halogens is 5. The number of sulfonamides is 1. The lowest BCUT2D eigenvalue weighted by Gasteiger charge is -2.22. The number of carbonyl (C=O) groups is 1. The van der Waals surface area contributed by atoms with Crippen molar-refractivity contribution in [3.05, 3.63) is 50.9 Å². The van der Waals surface area contributed by atoms with Gasteiger partial charge in [0.15, 0.2) is 11.6 Å². The zero-order valence-corrected chi connectivity index (χ0v) is 20.7. The topological polar surface area (TPSA) is 88.6 Å². The summed E-state index contributed by atoms with van der Waals surface area (Å²) in [5.74, 6) is -2.63. The Morgan fingerprint density at radius 3 is 2.71 bits per heavy atom. The molecule has 0 spiro atoms. The molecule has 1 fully saturated rings. The Morgan fingerprint density at radius 2 is 2.06 bits per heavy atom. The maximum atomic E-state index is 14.0. The lowest BCUT2D eigenvalue weighted by molar-refractivity contribution is -0.275. The minimum atomic E-state index is -5.01. The van der Waals surface area contributed by atoms with Gasteiger partial charge in [0, 0.05) is 17.5 Å². The Hall–Kier alpha value is -2.26. The second-order valence-electron chi connectivity index (χ2n) is 7.37. The maximum Gasteiger partial charge on any atom is 0.573 e. The molecule has 15 heteroatoms. The van der Waals surface area contributed by atoms with E-state index in [0.29, 0.717) is 27.9 Å². The van der Waals surface area contributed by atoms with Crippen LogP contribution in [0.4, 0.5) is 17.6 Å². The van der Waals surface area contributed by atoms with Crippen molar-refractivity contribution in [2.24, 2.45) is 0 Å². The Balaban J connectivity index is 1.40. The van der Waals surface area contributed by atoms with Gasteiger partial charge in [-0.2, -0.15) is 4.31 Å². The second kappa shape index (κ2) is 10.0. The Bertz CT molecular complexity index is 1340. The Labute approximate surface area is 210 Å². The third kappa shape index (κ3) is 5.94. The number of amides is 1. The number of hydrogen-bond donors (Lipinski definition) is 1. The number of nitrogens with zero attached hydrogens (tertiary/aromatic N) is 2. The average Bonchev–Trinajstić information content (AvgIpc) is 3.53. The van der Waals surface area contributed by atoms with Crippen LogP contribution in [0, 0.1) is 5.82 Å². The largest absolute Gasteiger partial charge is 0.573 e. The van der Waals surface area contributed by atoms with Gasteiger partial charge >= 0.3 is 6.36 Å². The lowest BCUT2D eigenvalue weighted by Crippen LogP contribution is -2.45. The molecule has 1 saturated heterocycles. The van der Waals surface area contributed by atoms with Gasteiger partial charge in [0.2, 0.25) is 5.91 Å². The smallest absolute Gasteiger partial charge is 0.403 e. The first kappa shape index (κ1) is 25.8. The van der Waals surface area contributed by atoms with Crippen molar-refractivity contribution >= 4 is 50.2 Å². The van der Waals surface area contributed by atoms with Gasteiger partial charge in [-0.05, 0) is 43.2 Å². The molecule has 1 aromatic carbocycles. The molecule has 7 nitrogen and oxygen atoms in total. The van der Waals surface area contributed by atoms with Crippen molar-refractivity contribution in [2.45, 2.75) is 36.0 Å². The highest BCUT2D eigenvalue weighted by Crippen LogP contribution is 2.33. The summed E-state index contributed by atoms with van der Waals surface area (Å²) in [6, 6.07) is 4.96. The fraction of sp³-hybridized carbons (Fsp3) is 0.300. The van der Waals surface area contributed by atoms with E-state index >= 15 is 0 Å². The summed E-state index contributed by atoms with van der Waals surface area (Å²) >= 11 is 7.92. The quantitative estimate of drug-likeness (QED) is 0.403. The molecule has 1 atom stereocenters. The van der Waals surface area contributed by atoms with Crippen LogP contribution >= 0.6 is 34.3 Å². The molecule has 188 valence electrons. The third-order valence-corrected chi connectivity index (χ3v) is 9.49. The predicted octanol–water partition coefficient (Wildman–Crippen LogP) is 5.03. The molecule has 4 rings (SSSR count). The average molecular weight is 570 g/mol. The van der Waals surface area contributed by atoms with E-state index in [2.05, 4.69) is 15.0 Å². The summed E-state index contributed by atoms with van der Waals surface area (Å²) in [5, 5.41) is 4.68. The van der Waals surface area contributed by atoms with Crippen LogP contribution in [0.25, 0.3) is 11.3 Å². The van der Waals surface area contributed by atoms with Crippen LogP contribution in [-0.2, 0) is 21.4 Å². The minimum Gasteiger partial charge on any atom is -0.403 e. The van der Waals surface area contributed by atoms with Gasteiger partial charge in [-0.1, -0.05) is 11.6 Å². The Morgan fingerprint density at radius 1 is 1.29 bits per heavy atom. The van der Waals surface area contributed by atoms with Gasteiger partial charge in [-0.25, -0.2) is 17.8 Å². The fourth-order valence-electron chi connectivity index (χ4n) is 3.51. The number of hydrogen-bond acceptors (Lipinski definition) is 7. The molecule has 3 aromatic rings. The molecule has 1 aliphatic heterocycles. The highest BCUT2D eigenvalue weighted by atomic mass is 35.5. The van der Waals surface area contributed by atoms with E-state index in [1.807, 2.05) is 0 Å². The molecule has 1 aliphatic rings. The number of nitrogens with one attached hydrogen (secondary N) is 1. The molecule has 3 heterocycles. The number of aromatic nitrogens is 1. The molecule has 1 amide bonds. The van der Waals surface area contributed by atoms with Crippen molar-refractivity contribution in [2.75, 3.05) is 6.54 Å². The van der Waals surface area contributed by atoms with Crippen LogP contribution in [-0.4, -0.2) is 42.6 Å². The number of rotatable bonds is 7. The van der Waals surface area contributed by atoms with Crippen molar-refractivity contribution in [3.8, 4) is 17.0 Å². The van der Waals surface area contributed by atoms with E-state index in [1.54, 1.807) is 5.38 Å². The van der Waals surface area contributed by atoms with Gasteiger partial charge in [0.1, 0.15) is 15.3 Å². The summed E-state index contributed by atoms with van der Waals surface area (Å²) in [6.45, 7) is 0.202. The number of ether oxygens (including phenoxy) is 1. The van der Waals surface area contributed by atoms with Gasteiger partial charge in [0.25, 0.3) is 10.0 Å². The standard InChI is InChI=1S/C20H16ClF4N3O4S3/c21-16-5-6-18(34-16)35(30,31)28-7-1-2-14(28)19(29)26-9-17-27-13(10-33-17)11-3-4-15(12(22)8-11)32-20(23,24)25/h3-6,8,10,14H,1-2,7,9H2,(H,26,29)/t14-/m0/s1. The van der Waals surface area contributed by atoms with Crippen LogP contribution in [0.2, 0.25) is 4.34 Å². The van der Waals surface area contributed by atoms with Crippen LogP contribution < -0.4 is 10.1 Å². The van der Waals surface area contributed by atoms with Crippen LogP contribution in [0.5, 0.6) is 5.75 Å². The summed E-state index contributed by atoms with van der Waals surface area (Å²) in [4.78, 5) is 17.0.